The molecule has 26 heavy (non-hydrogen) atoms. The molecule has 0 fully saturated rings. The third-order valence-corrected chi connectivity index (χ3v) is 5.19. The van der Waals surface area contributed by atoms with Crippen LogP contribution in [0.2, 0.25) is 0 Å². The number of hydrogen-bond donors (Lipinski definition) is 0. The molecule has 2 aromatic carbocycles. The van der Waals surface area contributed by atoms with E-state index in [9.17, 15) is 4.79 Å². The van der Waals surface area contributed by atoms with Crippen LogP contribution in [0.5, 0.6) is 0 Å². The molecule has 0 unspecified atom stereocenters. The summed E-state index contributed by atoms with van der Waals surface area (Å²) in [5.41, 5.74) is 3.22. The summed E-state index contributed by atoms with van der Waals surface area (Å²) >= 11 is 0. The number of fused-ring (bicyclic) bond motifs is 1. The molecular weight excluding hydrogens is 324 g/mol. The molecular formula is C22H25N2O2+. The molecule has 2 aliphatic rings. The molecule has 0 aromatic heterocycles. The zero-order valence-electron chi connectivity index (χ0n) is 15.2. The van der Waals surface area contributed by atoms with E-state index in [1.165, 1.54) is 11.3 Å². The summed E-state index contributed by atoms with van der Waals surface area (Å²) in [7, 11) is 0. The van der Waals surface area contributed by atoms with Gasteiger partial charge in [-0.2, -0.15) is 0 Å². The van der Waals surface area contributed by atoms with E-state index in [0.29, 0.717) is 5.56 Å². The molecule has 1 atom stereocenters. The van der Waals surface area contributed by atoms with E-state index in [4.69, 9.17) is 4.74 Å². The number of unbranched alkanes of at least 4 members (excludes halogenated alkanes) is 1. The summed E-state index contributed by atoms with van der Waals surface area (Å²) < 4.78 is 8.31. The lowest BCUT2D eigenvalue weighted by Gasteiger charge is -2.27. The third kappa shape index (κ3) is 3.12. The first kappa shape index (κ1) is 16.8. The Labute approximate surface area is 154 Å². The van der Waals surface area contributed by atoms with Gasteiger partial charge in [-0.25, -0.2) is 9.69 Å². The van der Waals surface area contributed by atoms with Crippen LogP contribution in [-0.4, -0.2) is 35.6 Å². The minimum absolute atomic E-state index is 0.173. The first-order chi connectivity index (χ1) is 12.8. The SMILES string of the molecule is CCCCN1C2=[N+](CC[C@H]2OC(=O)c2ccccc2)Cc2ccccc21. The predicted octanol–water partition coefficient (Wildman–Crippen LogP) is 3.85. The third-order valence-electron chi connectivity index (χ3n) is 5.19. The number of carbonyl (C=O) groups is 1. The van der Waals surface area contributed by atoms with Crippen LogP contribution in [0.25, 0.3) is 0 Å². The first-order valence-corrected chi connectivity index (χ1v) is 9.51. The number of rotatable bonds is 5. The van der Waals surface area contributed by atoms with E-state index in [1.807, 2.05) is 30.3 Å². The van der Waals surface area contributed by atoms with Crippen molar-refractivity contribution in [1.29, 1.82) is 0 Å². The predicted molar refractivity (Wildman–Crippen MR) is 103 cm³/mol. The molecule has 2 aliphatic heterocycles. The molecule has 2 aromatic rings. The Hall–Kier alpha value is -2.62. The van der Waals surface area contributed by atoms with Gasteiger partial charge >= 0.3 is 5.97 Å². The number of nitrogens with zero attached hydrogens (tertiary/aromatic N) is 2. The Bertz CT molecular complexity index is 829. The zero-order valence-corrected chi connectivity index (χ0v) is 15.2. The fourth-order valence-corrected chi connectivity index (χ4v) is 3.90. The summed E-state index contributed by atoms with van der Waals surface area (Å²) in [6, 6.07) is 17.9. The molecule has 4 rings (SSSR count). The van der Waals surface area contributed by atoms with Crippen molar-refractivity contribution >= 4 is 17.5 Å². The second-order valence-electron chi connectivity index (χ2n) is 6.96. The van der Waals surface area contributed by atoms with Crippen LogP contribution in [0.4, 0.5) is 5.69 Å². The maximum Gasteiger partial charge on any atom is 0.339 e. The van der Waals surface area contributed by atoms with Gasteiger partial charge in [0.25, 0.3) is 5.84 Å². The van der Waals surface area contributed by atoms with Crippen molar-refractivity contribution in [1.82, 2.24) is 0 Å². The van der Waals surface area contributed by atoms with Crippen LogP contribution in [0.3, 0.4) is 0 Å². The van der Waals surface area contributed by atoms with Crippen molar-refractivity contribution in [3.05, 3.63) is 65.7 Å². The molecule has 0 N–H and O–H groups in total. The number of ether oxygens (including phenoxy) is 1. The molecule has 4 heteroatoms. The average Bonchev–Trinajstić information content (AvgIpc) is 3.08. The van der Waals surface area contributed by atoms with E-state index in [1.54, 1.807) is 0 Å². The van der Waals surface area contributed by atoms with E-state index in [2.05, 4.69) is 40.7 Å². The highest BCUT2D eigenvalue weighted by molar-refractivity contribution is 6.01. The molecule has 0 aliphatic carbocycles. The van der Waals surface area contributed by atoms with Crippen molar-refractivity contribution in [2.75, 3.05) is 18.0 Å². The summed E-state index contributed by atoms with van der Waals surface area (Å²) in [6.45, 7) is 4.99. The van der Waals surface area contributed by atoms with E-state index in [-0.39, 0.29) is 12.1 Å². The number of amidine groups is 1. The maximum absolute atomic E-state index is 12.6. The Morgan fingerprint density at radius 2 is 1.92 bits per heavy atom. The van der Waals surface area contributed by atoms with Crippen molar-refractivity contribution < 1.29 is 14.1 Å². The van der Waals surface area contributed by atoms with Crippen LogP contribution in [0.15, 0.2) is 54.6 Å². The minimum Gasteiger partial charge on any atom is -0.446 e. The standard InChI is InChI=1S/C22H25N2O2/c1-2-3-14-24-19-12-8-7-11-18(19)16-23-15-13-20(21(23)24)26-22(25)17-9-5-4-6-10-17/h4-12,20H,2-3,13-16H2,1H3/q+1/t20-/m1/s1. The molecule has 0 radical (unpaired) electrons. The minimum atomic E-state index is -0.237. The van der Waals surface area contributed by atoms with Crippen molar-refractivity contribution in [2.45, 2.75) is 38.8 Å². The topological polar surface area (TPSA) is 32.5 Å². The first-order valence-electron chi connectivity index (χ1n) is 9.51. The highest BCUT2D eigenvalue weighted by Gasteiger charge is 2.43. The number of para-hydroxylation sites is 1. The summed E-state index contributed by atoms with van der Waals surface area (Å²) in [5.74, 6) is 0.917. The maximum atomic E-state index is 12.6. The number of esters is 1. The monoisotopic (exact) mass is 349 g/mol. The van der Waals surface area contributed by atoms with Crippen LogP contribution >= 0.6 is 0 Å². The molecule has 2 heterocycles. The van der Waals surface area contributed by atoms with Crippen molar-refractivity contribution in [2.24, 2.45) is 0 Å². The molecule has 0 bridgehead atoms. The number of hydrogen-bond acceptors (Lipinski definition) is 3. The number of anilines is 1. The van der Waals surface area contributed by atoms with Crippen molar-refractivity contribution in [3.8, 4) is 0 Å². The quantitative estimate of drug-likeness (QED) is 0.607. The summed E-state index contributed by atoms with van der Waals surface area (Å²) in [4.78, 5) is 14.9. The van der Waals surface area contributed by atoms with Crippen LogP contribution in [-0.2, 0) is 11.3 Å². The Kier molecular flexibility index (Phi) is 4.74. The lowest BCUT2D eigenvalue weighted by atomic mass is 10.1. The molecule has 0 spiro atoms. The van der Waals surface area contributed by atoms with Crippen LogP contribution < -0.4 is 4.90 Å². The van der Waals surface area contributed by atoms with Gasteiger partial charge in [0.2, 0.25) is 6.10 Å². The van der Waals surface area contributed by atoms with Gasteiger partial charge in [-0.3, -0.25) is 4.58 Å². The zero-order chi connectivity index (χ0) is 17.9. The van der Waals surface area contributed by atoms with Gasteiger partial charge in [0.05, 0.1) is 18.7 Å². The van der Waals surface area contributed by atoms with E-state index >= 15 is 0 Å². The van der Waals surface area contributed by atoms with Gasteiger partial charge < -0.3 is 4.74 Å². The Balaban J connectivity index is 1.61. The van der Waals surface area contributed by atoms with E-state index in [0.717, 1.165) is 44.7 Å². The Morgan fingerprint density at radius 1 is 1.15 bits per heavy atom. The molecule has 0 amide bonds. The lowest BCUT2D eigenvalue weighted by Crippen LogP contribution is -2.46. The van der Waals surface area contributed by atoms with Gasteiger partial charge in [0, 0.05) is 12.0 Å². The normalized spacial score (nSPS) is 18.5. The highest BCUT2D eigenvalue weighted by Crippen LogP contribution is 2.31. The van der Waals surface area contributed by atoms with Crippen molar-refractivity contribution in [3.63, 3.8) is 0 Å². The smallest absolute Gasteiger partial charge is 0.339 e. The second-order valence-corrected chi connectivity index (χ2v) is 6.96. The van der Waals surface area contributed by atoms with Crippen LogP contribution in [0, 0.1) is 0 Å². The summed E-state index contributed by atoms with van der Waals surface area (Å²) in [6.07, 6.45) is 2.93. The molecule has 0 saturated heterocycles. The van der Waals surface area contributed by atoms with Crippen LogP contribution in [0.1, 0.15) is 42.1 Å². The van der Waals surface area contributed by atoms with Gasteiger partial charge in [-0.1, -0.05) is 49.7 Å². The van der Waals surface area contributed by atoms with E-state index < -0.39 is 0 Å². The number of benzene rings is 2. The largest absolute Gasteiger partial charge is 0.446 e. The average molecular weight is 349 g/mol. The molecule has 134 valence electrons. The van der Waals surface area contributed by atoms with Gasteiger partial charge in [0.15, 0.2) is 0 Å². The van der Waals surface area contributed by atoms with Gasteiger partial charge in [-0.05, 0) is 24.6 Å². The number of carbonyl (C=O) groups excluding carboxylic acids is 1. The highest BCUT2D eigenvalue weighted by atomic mass is 16.5. The Morgan fingerprint density at radius 3 is 2.73 bits per heavy atom. The summed E-state index contributed by atoms with van der Waals surface area (Å²) in [5, 5.41) is 0. The van der Waals surface area contributed by atoms with Gasteiger partial charge in [-0.15, -0.1) is 0 Å². The molecule has 4 nitrogen and oxygen atoms in total. The van der Waals surface area contributed by atoms with Gasteiger partial charge in [0.1, 0.15) is 12.2 Å². The fraction of sp³-hybridized carbons (Fsp3) is 0.364. The fourth-order valence-electron chi connectivity index (χ4n) is 3.90. The second kappa shape index (κ2) is 7.32. The lowest BCUT2D eigenvalue weighted by molar-refractivity contribution is -0.538. The molecule has 0 saturated carbocycles.